The Morgan fingerprint density at radius 1 is 1.09 bits per heavy atom. The van der Waals surface area contributed by atoms with E-state index in [0.29, 0.717) is 17.5 Å². The molecule has 0 heterocycles. The average molecular weight is 326 g/mol. The zero-order valence-electron chi connectivity index (χ0n) is 13.0. The van der Waals surface area contributed by atoms with E-state index in [1.54, 1.807) is 12.2 Å². The van der Waals surface area contributed by atoms with Crippen molar-refractivity contribution in [2.45, 2.75) is 19.4 Å². The van der Waals surface area contributed by atoms with Gasteiger partial charge >= 0.3 is 0 Å². The summed E-state index contributed by atoms with van der Waals surface area (Å²) in [5, 5.41) is 0.661. The SMILES string of the molecule is O=C(C=Cc1ccccc1Cl)N(Cc1ccccc1)CC1CC1. The van der Waals surface area contributed by atoms with Crippen molar-refractivity contribution in [1.82, 2.24) is 4.90 Å². The molecular weight excluding hydrogens is 306 g/mol. The molecule has 1 fully saturated rings. The molecule has 3 rings (SSSR count). The Hall–Kier alpha value is -2.06. The minimum Gasteiger partial charge on any atom is -0.335 e. The Morgan fingerprint density at radius 2 is 1.78 bits per heavy atom. The normalized spacial score (nSPS) is 14.1. The van der Waals surface area contributed by atoms with Crippen molar-refractivity contribution in [2.75, 3.05) is 6.54 Å². The largest absolute Gasteiger partial charge is 0.335 e. The van der Waals surface area contributed by atoms with Crippen LogP contribution in [-0.4, -0.2) is 17.4 Å². The number of hydrogen-bond acceptors (Lipinski definition) is 1. The van der Waals surface area contributed by atoms with Gasteiger partial charge in [-0.15, -0.1) is 0 Å². The van der Waals surface area contributed by atoms with Crippen LogP contribution in [0, 0.1) is 5.92 Å². The lowest BCUT2D eigenvalue weighted by atomic mass is 10.2. The van der Waals surface area contributed by atoms with Gasteiger partial charge in [0.25, 0.3) is 0 Å². The Kier molecular flexibility index (Phi) is 5.14. The molecule has 1 aliphatic carbocycles. The van der Waals surface area contributed by atoms with Crippen LogP contribution >= 0.6 is 11.6 Å². The van der Waals surface area contributed by atoms with Crippen LogP contribution in [0.25, 0.3) is 6.08 Å². The number of rotatable bonds is 6. The van der Waals surface area contributed by atoms with E-state index < -0.39 is 0 Å². The summed E-state index contributed by atoms with van der Waals surface area (Å²) in [5.74, 6) is 0.706. The first-order chi connectivity index (χ1) is 11.2. The van der Waals surface area contributed by atoms with Gasteiger partial charge in [0, 0.05) is 24.2 Å². The standard InChI is InChI=1S/C20H20ClNO/c21-19-9-5-4-8-18(19)12-13-20(23)22(15-17-10-11-17)14-16-6-2-1-3-7-16/h1-9,12-13,17H,10-11,14-15H2. The van der Waals surface area contributed by atoms with Crippen LogP contribution in [0.3, 0.4) is 0 Å². The fraction of sp³-hybridized carbons (Fsp3) is 0.250. The van der Waals surface area contributed by atoms with E-state index in [2.05, 4.69) is 12.1 Å². The van der Waals surface area contributed by atoms with Gasteiger partial charge < -0.3 is 4.90 Å². The molecule has 1 saturated carbocycles. The molecule has 118 valence electrons. The van der Waals surface area contributed by atoms with Crippen molar-refractivity contribution in [3.05, 3.63) is 76.8 Å². The van der Waals surface area contributed by atoms with Crippen LogP contribution in [0.4, 0.5) is 0 Å². The van der Waals surface area contributed by atoms with E-state index in [1.807, 2.05) is 47.4 Å². The van der Waals surface area contributed by atoms with Crippen LogP contribution in [0.2, 0.25) is 5.02 Å². The number of benzene rings is 2. The van der Waals surface area contributed by atoms with Crippen molar-refractivity contribution in [3.63, 3.8) is 0 Å². The third kappa shape index (κ3) is 4.70. The zero-order valence-corrected chi connectivity index (χ0v) is 13.7. The number of nitrogens with zero attached hydrogens (tertiary/aromatic N) is 1. The number of carbonyl (C=O) groups excluding carboxylic acids is 1. The molecule has 0 unspecified atom stereocenters. The number of amides is 1. The van der Waals surface area contributed by atoms with E-state index in [0.717, 1.165) is 17.7 Å². The lowest BCUT2D eigenvalue weighted by molar-refractivity contribution is -0.126. The van der Waals surface area contributed by atoms with Gasteiger partial charge in [0.2, 0.25) is 5.91 Å². The molecule has 0 bridgehead atoms. The summed E-state index contributed by atoms with van der Waals surface area (Å²) in [7, 11) is 0. The predicted octanol–water partition coefficient (Wildman–Crippen LogP) is 4.79. The van der Waals surface area contributed by atoms with E-state index in [-0.39, 0.29) is 5.91 Å². The highest BCUT2D eigenvalue weighted by Crippen LogP contribution is 2.30. The van der Waals surface area contributed by atoms with Gasteiger partial charge in [0.1, 0.15) is 0 Å². The van der Waals surface area contributed by atoms with E-state index in [1.165, 1.54) is 12.8 Å². The monoisotopic (exact) mass is 325 g/mol. The first-order valence-corrected chi connectivity index (χ1v) is 8.35. The molecule has 0 N–H and O–H groups in total. The smallest absolute Gasteiger partial charge is 0.246 e. The van der Waals surface area contributed by atoms with Gasteiger partial charge in [-0.25, -0.2) is 0 Å². The topological polar surface area (TPSA) is 20.3 Å². The molecule has 2 aromatic carbocycles. The molecule has 2 nitrogen and oxygen atoms in total. The van der Waals surface area contributed by atoms with Gasteiger partial charge in [-0.3, -0.25) is 4.79 Å². The first kappa shape index (κ1) is 15.8. The highest BCUT2D eigenvalue weighted by atomic mass is 35.5. The molecule has 2 aromatic rings. The summed E-state index contributed by atoms with van der Waals surface area (Å²) in [6, 6.07) is 17.7. The summed E-state index contributed by atoms with van der Waals surface area (Å²) in [4.78, 5) is 14.5. The summed E-state index contributed by atoms with van der Waals surface area (Å²) in [6.07, 6.45) is 5.89. The van der Waals surface area contributed by atoms with Crippen molar-refractivity contribution in [2.24, 2.45) is 5.92 Å². The first-order valence-electron chi connectivity index (χ1n) is 7.98. The molecule has 0 aliphatic heterocycles. The second-order valence-electron chi connectivity index (χ2n) is 6.00. The van der Waals surface area contributed by atoms with Crippen molar-refractivity contribution >= 4 is 23.6 Å². The quantitative estimate of drug-likeness (QED) is 0.699. The Bertz CT molecular complexity index is 692. The molecule has 0 atom stereocenters. The summed E-state index contributed by atoms with van der Waals surface area (Å²) >= 11 is 6.14. The van der Waals surface area contributed by atoms with Gasteiger partial charge in [-0.1, -0.05) is 60.1 Å². The van der Waals surface area contributed by atoms with E-state index in [4.69, 9.17) is 11.6 Å². The Balaban J connectivity index is 1.71. The fourth-order valence-corrected chi connectivity index (χ4v) is 2.72. The lowest BCUT2D eigenvalue weighted by Gasteiger charge is -2.21. The molecule has 23 heavy (non-hydrogen) atoms. The fourth-order valence-electron chi connectivity index (χ4n) is 2.53. The van der Waals surface area contributed by atoms with Gasteiger partial charge in [-0.2, -0.15) is 0 Å². The highest BCUT2D eigenvalue weighted by Gasteiger charge is 2.26. The van der Waals surface area contributed by atoms with Crippen LogP contribution in [0.5, 0.6) is 0 Å². The molecule has 1 amide bonds. The Labute approximate surface area is 142 Å². The molecule has 3 heteroatoms. The van der Waals surface area contributed by atoms with Crippen LogP contribution in [-0.2, 0) is 11.3 Å². The molecule has 0 spiro atoms. The Morgan fingerprint density at radius 3 is 2.48 bits per heavy atom. The highest BCUT2D eigenvalue weighted by molar-refractivity contribution is 6.32. The zero-order chi connectivity index (χ0) is 16.1. The third-order valence-corrected chi connectivity index (χ3v) is 4.36. The van der Waals surface area contributed by atoms with Crippen LogP contribution < -0.4 is 0 Å². The lowest BCUT2D eigenvalue weighted by Crippen LogP contribution is -2.31. The minimum absolute atomic E-state index is 0.0423. The van der Waals surface area contributed by atoms with Gasteiger partial charge in [0.15, 0.2) is 0 Å². The molecule has 0 aromatic heterocycles. The number of hydrogen-bond donors (Lipinski definition) is 0. The third-order valence-electron chi connectivity index (χ3n) is 4.01. The van der Waals surface area contributed by atoms with Crippen molar-refractivity contribution < 1.29 is 4.79 Å². The number of carbonyl (C=O) groups is 1. The molecule has 1 aliphatic rings. The van der Waals surface area contributed by atoms with E-state index >= 15 is 0 Å². The maximum Gasteiger partial charge on any atom is 0.246 e. The van der Waals surface area contributed by atoms with Crippen molar-refractivity contribution in [3.8, 4) is 0 Å². The summed E-state index contributed by atoms with van der Waals surface area (Å²) in [6.45, 7) is 1.49. The second-order valence-corrected chi connectivity index (χ2v) is 6.41. The number of halogens is 1. The van der Waals surface area contributed by atoms with Crippen LogP contribution in [0.1, 0.15) is 24.0 Å². The average Bonchev–Trinajstić information content (AvgIpc) is 3.38. The predicted molar refractivity (Wildman–Crippen MR) is 95.1 cm³/mol. The minimum atomic E-state index is 0.0423. The summed E-state index contributed by atoms with van der Waals surface area (Å²) in [5.41, 5.74) is 2.03. The molecule has 0 radical (unpaired) electrons. The molecule has 0 saturated heterocycles. The second kappa shape index (κ2) is 7.47. The van der Waals surface area contributed by atoms with Gasteiger partial charge in [0.05, 0.1) is 0 Å². The molecular formula is C20H20ClNO. The summed E-state index contributed by atoms with van der Waals surface area (Å²) < 4.78 is 0. The van der Waals surface area contributed by atoms with E-state index in [9.17, 15) is 4.79 Å². The van der Waals surface area contributed by atoms with Gasteiger partial charge in [-0.05, 0) is 42.0 Å². The van der Waals surface area contributed by atoms with Crippen molar-refractivity contribution in [1.29, 1.82) is 0 Å². The van der Waals surface area contributed by atoms with Crippen LogP contribution in [0.15, 0.2) is 60.7 Å². The maximum absolute atomic E-state index is 12.6. The maximum atomic E-state index is 12.6.